The van der Waals surface area contributed by atoms with Crippen LogP contribution in [0.15, 0.2) is 24.3 Å². The zero-order valence-electron chi connectivity index (χ0n) is 21.1. The smallest absolute Gasteiger partial charge is 0.228 e. The Morgan fingerprint density at radius 2 is 1.71 bits per heavy atom. The van der Waals surface area contributed by atoms with Gasteiger partial charge in [-0.05, 0) is 43.4 Å². The number of amides is 3. The molecule has 1 N–H and O–H groups in total. The summed E-state index contributed by atoms with van der Waals surface area (Å²) in [6.07, 6.45) is 6.78. The maximum atomic E-state index is 13.6. The minimum atomic E-state index is -0.392. The van der Waals surface area contributed by atoms with Gasteiger partial charge in [0.15, 0.2) is 0 Å². The third-order valence-corrected chi connectivity index (χ3v) is 7.22. The molecule has 1 aromatic rings. The van der Waals surface area contributed by atoms with E-state index in [1.807, 2.05) is 34.1 Å². The summed E-state index contributed by atoms with van der Waals surface area (Å²) >= 11 is 0. The van der Waals surface area contributed by atoms with Crippen LogP contribution < -0.4 is 10.1 Å². The van der Waals surface area contributed by atoms with Gasteiger partial charge in [-0.15, -0.1) is 0 Å². The van der Waals surface area contributed by atoms with Crippen molar-refractivity contribution >= 4 is 17.7 Å². The van der Waals surface area contributed by atoms with Crippen LogP contribution in [0.2, 0.25) is 0 Å². The molecule has 0 radical (unpaired) electrons. The molecule has 34 heavy (non-hydrogen) atoms. The summed E-state index contributed by atoms with van der Waals surface area (Å²) < 4.78 is 5.29. The molecule has 0 aliphatic carbocycles. The van der Waals surface area contributed by atoms with Crippen molar-refractivity contribution in [3.05, 3.63) is 29.8 Å². The number of hydrogen-bond acceptors (Lipinski definition) is 4. The van der Waals surface area contributed by atoms with Gasteiger partial charge in [0.25, 0.3) is 0 Å². The first-order chi connectivity index (χ1) is 16.5. The zero-order chi connectivity index (χ0) is 24.5. The quantitative estimate of drug-likeness (QED) is 0.496. The Morgan fingerprint density at radius 1 is 1.03 bits per heavy atom. The second-order valence-electron chi connectivity index (χ2n) is 9.57. The lowest BCUT2D eigenvalue weighted by Gasteiger charge is -2.35. The minimum Gasteiger partial charge on any atom is -0.497 e. The lowest BCUT2D eigenvalue weighted by molar-refractivity contribution is -0.140. The fourth-order valence-corrected chi connectivity index (χ4v) is 5.14. The van der Waals surface area contributed by atoms with Crippen LogP contribution in [0.1, 0.15) is 76.8 Å². The van der Waals surface area contributed by atoms with Gasteiger partial charge in [0.2, 0.25) is 17.7 Å². The molecule has 2 atom stereocenters. The Labute approximate surface area is 204 Å². The summed E-state index contributed by atoms with van der Waals surface area (Å²) in [6.45, 7) is 6.79. The average Bonchev–Trinajstić information content (AvgIpc) is 3.20. The lowest BCUT2D eigenvalue weighted by Crippen LogP contribution is -2.46. The summed E-state index contributed by atoms with van der Waals surface area (Å²) in [6, 6.07) is 7.47. The van der Waals surface area contributed by atoms with Crippen LogP contribution in [0.3, 0.4) is 0 Å². The van der Waals surface area contributed by atoms with Crippen molar-refractivity contribution in [2.45, 2.75) is 71.3 Å². The van der Waals surface area contributed by atoms with Gasteiger partial charge in [-0.25, -0.2) is 0 Å². The van der Waals surface area contributed by atoms with Crippen LogP contribution >= 0.6 is 0 Å². The molecule has 2 aliphatic rings. The number of unbranched alkanes of at least 4 members (excludes halogenated alkanes) is 3. The van der Waals surface area contributed by atoms with Crippen LogP contribution in [0.25, 0.3) is 0 Å². The molecule has 0 saturated carbocycles. The van der Waals surface area contributed by atoms with Gasteiger partial charge in [-0.3, -0.25) is 14.4 Å². The Hall–Kier alpha value is -2.57. The number of carbonyl (C=O) groups is 3. The first kappa shape index (κ1) is 26.0. The lowest BCUT2D eigenvalue weighted by atomic mass is 9.90. The number of methoxy groups -OCH3 is 1. The molecule has 0 aromatic heterocycles. The highest BCUT2D eigenvalue weighted by Crippen LogP contribution is 2.40. The van der Waals surface area contributed by atoms with Gasteiger partial charge < -0.3 is 19.9 Å². The van der Waals surface area contributed by atoms with Crippen LogP contribution in [0, 0.1) is 11.8 Å². The van der Waals surface area contributed by atoms with Crippen molar-refractivity contribution in [2.75, 3.05) is 33.3 Å². The van der Waals surface area contributed by atoms with Crippen molar-refractivity contribution < 1.29 is 19.1 Å². The SMILES string of the molecule is CCCCCNC(=O)C1CCN(C(=O)C2CC(=O)N(CCCC)C2c2ccc(OC)cc2)CC1. The van der Waals surface area contributed by atoms with Crippen LogP contribution in [-0.4, -0.2) is 60.8 Å². The molecular formula is C27H41N3O4. The van der Waals surface area contributed by atoms with Gasteiger partial charge in [-0.1, -0.05) is 45.2 Å². The number of piperidine rings is 1. The third-order valence-electron chi connectivity index (χ3n) is 7.22. The van der Waals surface area contributed by atoms with Crippen LogP contribution in [0.5, 0.6) is 5.75 Å². The van der Waals surface area contributed by atoms with E-state index in [0.717, 1.165) is 50.0 Å². The zero-order valence-corrected chi connectivity index (χ0v) is 21.1. The van der Waals surface area contributed by atoms with E-state index in [1.165, 1.54) is 0 Å². The maximum Gasteiger partial charge on any atom is 0.228 e. The molecular weight excluding hydrogens is 430 g/mol. The normalized spacial score (nSPS) is 21.1. The molecule has 7 nitrogen and oxygen atoms in total. The molecule has 7 heteroatoms. The number of ether oxygens (including phenoxy) is 1. The summed E-state index contributed by atoms with van der Waals surface area (Å²) in [7, 11) is 1.63. The van der Waals surface area contributed by atoms with E-state index in [0.29, 0.717) is 32.5 Å². The first-order valence-corrected chi connectivity index (χ1v) is 13.0. The molecule has 2 aliphatic heterocycles. The van der Waals surface area contributed by atoms with E-state index in [2.05, 4.69) is 19.2 Å². The predicted octanol–water partition coefficient (Wildman–Crippen LogP) is 3.93. The van der Waals surface area contributed by atoms with E-state index in [-0.39, 0.29) is 36.1 Å². The molecule has 3 rings (SSSR count). The highest BCUT2D eigenvalue weighted by atomic mass is 16.5. The summed E-state index contributed by atoms with van der Waals surface area (Å²) in [4.78, 5) is 42.8. The topological polar surface area (TPSA) is 79.0 Å². The van der Waals surface area contributed by atoms with Gasteiger partial charge in [0.1, 0.15) is 5.75 Å². The van der Waals surface area contributed by atoms with Gasteiger partial charge >= 0.3 is 0 Å². The number of hydrogen-bond donors (Lipinski definition) is 1. The van der Waals surface area contributed by atoms with Gasteiger partial charge in [0, 0.05) is 38.5 Å². The van der Waals surface area contributed by atoms with Crippen molar-refractivity contribution in [2.24, 2.45) is 11.8 Å². The van der Waals surface area contributed by atoms with E-state index in [9.17, 15) is 14.4 Å². The number of likely N-dealkylation sites (tertiary alicyclic amines) is 2. The molecule has 2 saturated heterocycles. The standard InChI is InChI=1S/C27H41N3O4/c1-4-6-8-15-28-26(32)21-13-17-29(18-14-21)27(33)23-19-24(31)30(16-7-5-2)25(23)20-9-11-22(34-3)12-10-20/h9-12,21,23,25H,4-8,13-19H2,1-3H3,(H,28,32). The maximum absolute atomic E-state index is 13.6. The van der Waals surface area contributed by atoms with Crippen LogP contribution in [-0.2, 0) is 14.4 Å². The van der Waals surface area contributed by atoms with E-state index >= 15 is 0 Å². The number of nitrogens with one attached hydrogen (secondary N) is 1. The van der Waals surface area contributed by atoms with Gasteiger partial charge in [0.05, 0.1) is 19.1 Å². The second-order valence-corrected chi connectivity index (χ2v) is 9.57. The predicted molar refractivity (Wildman–Crippen MR) is 132 cm³/mol. The highest BCUT2D eigenvalue weighted by Gasteiger charge is 2.46. The molecule has 0 bridgehead atoms. The van der Waals surface area contributed by atoms with E-state index in [1.54, 1.807) is 7.11 Å². The van der Waals surface area contributed by atoms with Crippen molar-refractivity contribution in [3.8, 4) is 5.75 Å². The minimum absolute atomic E-state index is 0.0330. The largest absolute Gasteiger partial charge is 0.497 e. The molecule has 188 valence electrons. The second kappa shape index (κ2) is 12.8. The molecule has 2 fully saturated rings. The molecule has 2 heterocycles. The highest BCUT2D eigenvalue weighted by molar-refractivity contribution is 5.90. The Bertz CT molecular complexity index is 818. The number of nitrogens with zero attached hydrogens (tertiary/aromatic N) is 2. The Balaban J connectivity index is 1.66. The molecule has 0 spiro atoms. The molecule has 1 aromatic carbocycles. The van der Waals surface area contributed by atoms with Crippen molar-refractivity contribution in [1.82, 2.24) is 15.1 Å². The Morgan fingerprint density at radius 3 is 2.32 bits per heavy atom. The summed E-state index contributed by atoms with van der Waals surface area (Å²) in [5, 5.41) is 3.05. The molecule has 2 unspecified atom stereocenters. The number of benzene rings is 1. The Kier molecular flexibility index (Phi) is 9.78. The average molecular weight is 472 g/mol. The number of rotatable bonds is 11. The number of carbonyl (C=O) groups excluding carboxylic acids is 3. The fourth-order valence-electron chi connectivity index (χ4n) is 5.14. The monoisotopic (exact) mass is 471 g/mol. The van der Waals surface area contributed by atoms with Crippen LogP contribution in [0.4, 0.5) is 0 Å². The van der Waals surface area contributed by atoms with Crippen molar-refractivity contribution in [3.63, 3.8) is 0 Å². The fraction of sp³-hybridized carbons (Fsp3) is 0.667. The summed E-state index contributed by atoms with van der Waals surface area (Å²) in [5.74, 6) is 0.530. The van der Waals surface area contributed by atoms with E-state index in [4.69, 9.17) is 4.74 Å². The van der Waals surface area contributed by atoms with Gasteiger partial charge in [-0.2, -0.15) is 0 Å². The third kappa shape index (κ3) is 6.30. The molecule has 3 amide bonds. The first-order valence-electron chi connectivity index (χ1n) is 13.0. The summed E-state index contributed by atoms with van der Waals surface area (Å²) in [5.41, 5.74) is 0.974. The van der Waals surface area contributed by atoms with E-state index < -0.39 is 5.92 Å². The van der Waals surface area contributed by atoms with Crippen molar-refractivity contribution in [1.29, 1.82) is 0 Å².